The van der Waals surface area contributed by atoms with Gasteiger partial charge in [-0.15, -0.1) is 0 Å². The quantitative estimate of drug-likeness (QED) is 0.634. The number of rotatable bonds is 1. The van der Waals surface area contributed by atoms with Crippen LogP contribution in [0, 0.1) is 6.92 Å². The highest BCUT2D eigenvalue weighted by Gasteiger charge is 2.33. The summed E-state index contributed by atoms with van der Waals surface area (Å²) >= 11 is 0. The molecule has 0 aromatic carbocycles. The smallest absolute Gasteiger partial charge is 0.296 e. The zero-order chi connectivity index (χ0) is 10.1. The van der Waals surface area contributed by atoms with E-state index in [1.807, 2.05) is 0 Å². The Kier molecular flexibility index (Phi) is 2.36. The number of hydrogen-bond acceptors (Lipinski definition) is 2. The third-order valence-electron chi connectivity index (χ3n) is 1.48. The molecule has 1 heterocycles. The number of nitrogens with zero attached hydrogens (tertiary/aromatic N) is 1. The Morgan fingerprint density at radius 2 is 2.00 bits per heavy atom. The maximum atomic E-state index is 12.2. The monoisotopic (exact) mass is 189 g/mol. The highest BCUT2D eigenvalue weighted by Crippen LogP contribution is 2.30. The number of carbonyl (C=O) groups is 1. The summed E-state index contributed by atoms with van der Waals surface area (Å²) in [5.41, 5.74) is -1.17. The zero-order valence-corrected chi connectivity index (χ0v) is 6.72. The Morgan fingerprint density at radius 1 is 1.38 bits per heavy atom. The average molecular weight is 189 g/mol. The van der Waals surface area contributed by atoms with E-state index >= 15 is 0 Å². The second-order valence-electron chi connectivity index (χ2n) is 2.50. The van der Waals surface area contributed by atoms with E-state index in [9.17, 15) is 18.0 Å². The molecule has 0 unspecified atom stereocenters. The van der Waals surface area contributed by atoms with Crippen LogP contribution >= 0.6 is 0 Å². The van der Waals surface area contributed by atoms with Gasteiger partial charge >= 0.3 is 6.18 Å². The molecule has 0 N–H and O–H groups in total. The van der Waals surface area contributed by atoms with Crippen molar-refractivity contribution in [3.8, 4) is 0 Å². The largest absolute Gasteiger partial charge is 0.418 e. The third-order valence-corrected chi connectivity index (χ3v) is 1.48. The van der Waals surface area contributed by atoms with Crippen molar-refractivity contribution in [1.29, 1.82) is 0 Å². The highest BCUT2D eigenvalue weighted by atomic mass is 19.4. The van der Waals surface area contributed by atoms with Crippen LogP contribution in [0.1, 0.15) is 21.7 Å². The van der Waals surface area contributed by atoms with Gasteiger partial charge in [0.1, 0.15) is 5.69 Å². The van der Waals surface area contributed by atoms with Crippen molar-refractivity contribution in [3.63, 3.8) is 0 Å². The van der Waals surface area contributed by atoms with Gasteiger partial charge in [0.25, 0.3) is 0 Å². The van der Waals surface area contributed by atoms with Crippen molar-refractivity contribution < 1.29 is 18.0 Å². The van der Waals surface area contributed by atoms with E-state index in [2.05, 4.69) is 4.98 Å². The van der Waals surface area contributed by atoms with Crippen molar-refractivity contribution in [2.75, 3.05) is 0 Å². The topological polar surface area (TPSA) is 30.0 Å². The summed E-state index contributed by atoms with van der Waals surface area (Å²) in [6.07, 6.45) is -4.41. The molecule has 0 spiro atoms. The van der Waals surface area contributed by atoms with Gasteiger partial charge in [-0.2, -0.15) is 13.2 Å². The number of alkyl halides is 3. The first kappa shape index (κ1) is 9.70. The second-order valence-corrected chi connectivity index (χ2v) is 2.50. The standard InChI is InChI=1S/C8H6F3NO/c1-5-2-3-6(8(9,10)11)7(4-13)12-5/h2-4H,1H3. The number of pyridine rings is 1. The Balaban J connectivity index is 3.29. The number of hydrogen-bond donors (Lipinski definition) is 0. The molecule has 0 radical (unpaired) electrons. The van der Waals surface area contributed by atoms with Crippen LogP contribution in [0.5, 0.6) is 0 Å². The molecule has 0 atom stereocenters. The molecule has 0 aliphatic heterocycles. The lowest BCUT2D eigenvalue weighted by Crippen LogP contribution is -2.10. The predicted octanol–water partition coefficient (Wildman–Crippen LogP) is 2.22. The van der Waals surface area contributed by atoms with Gasteiger partial charge in [0.05, 0.1) is 5.56 Å². The average Bonchev–Trinajstić information content (AvgIpc) is 2.01. The van der Waals surface area contributed by atoms with Gasteiger partial charge in [0, 0.05) is 5.69 Å². The Labute approximate surface area is 72.4 Å². The molecular weight excluding hydrogens is 183 g/mol. The predicted molar refractivity (Wildman–Crippen MR) is 39.4 cm³/mol. The maximum Gasteiger partial charge on any atom is 0.418 e. The summed E-state index contributed by atoms with van der Waals surface area (Å²) < 4.78 is 36.5. The molecule has 1 rings (SSSR count). The van der Waals surface area contributed by atoms with E-state index in [4.69, 9.17) is 0 Å². The Hall–Kier alpha value is -1.39. The lowest BCUT2D eigenvalue weighted by Gasteiger charge is -2.08. The fourth-order valence-corrected chi connectivity index (χ4v) is 0.906. The first-order valence-electron chi connectivity index (χ1n) is 3.45. The molecule has 0 amide bonds. The third kappa shape index (κ3) is 2.05. The lowest BCUT2D eigenvalue weighted by molar-refractivity contribution is -0.138. The van der Waals surface area contributed by atoms with Gasteiger partial charge in [-0.1, -0.05) is 0 Å². The number of aryl methyl sites for hydroxylation is 1. The molecule has 0 saturated heterocycles. The van der Waals surface area contributed by atoms with Crippen molar-refractivity contribution in [3.05, 3.63) is 29.1 Å². The lowest BCUT2D eigenvalue weighted by atomic mass is 10.2. The number of aromatic nitrogens is 1. The highest BCUT2D eigenvalue weighted by molar-refractivity contribution is 5.74. The van der Waals surface area contributed by atoms with E-state index in [-0.39, 0.29) is 6.29 Å². The van der Waals surface area contributed by atoms with Gasteiger partial charge in [0.15, 0.2) is 6.29 Å². The van der Waals surface area contributed by atoms with Crippen molar-refractivity contribution in [2.24, 2.45) is 0 Å². The molecular formula is C8H6F3NO. The molecule has 0 saturated carbocycles. The fourth-order valence-electron chi connectivity index (χ4n) is 0.906. The molecule has 2 nitrogen and oxygen atoms in total. The first-order valence-corrected chi connectivity index (χ1v) is 3.45. The van der Waals surface area contributed by atoms with E-state index in [0.29, 0.717) is 5.69 Å². The van der Waals surface area contributed by atoms with E-state index in [1.165, 1.54) is 13.0 Å². The summed E-state index contributed by atoms with van der Waals surface area (Å²) in [6.45, 7) is 1.52. The van der Waals surface area contributed by atoms with Crippen LogP contribution in [0.2, 0.25) is 0 Å². The van der Waals surface area contributed by atoms with Gasteiger partial charge in [-0.05, 0) is 19.1 Å². The first-order chi connectivity index (χ1) is 5.95. The van der Waals surface area contributed by atoms with Crippen LogP contribution in [0.25, 0.3) is 0 Å². The molecule has 0 fully saturated rings. The molecule has 0 aliphatic carbocycles. The molecule has 13 heavy (non-hydrogen) atoms. The summed E-state index contributed by atoms with van der Waals surface area (Å²) in [5, 5.41) is 0. The molecule has 5 heteroatoms. The van der Waals surface area contributed by atoms with E-state index in [1.54, 1.807) is 0 Å². The van der Waals surface area contributed by atoms with Gasteiger partial charge in [0.2, 0.25) is 0 Å². The minimum Gasteiger partial charge on any atom is -0.296 e. The maximum absolute atomic E-state index is 12.2. The summed E-state index contributed by atoms with van der Waals surface area (Å²) in [4.78, 5) is 13.7. The van der Waals surface area contributed by atoms with Crippen LogP contribution in [-0.4, -0.2) is 11.3 Å². The zero-order valence-electron chi connectivity index (χ0n) is 6.72. The van der Waals surface area contributed by atoms with Crippen molar-refractivity contribution in [1.82, 2.24) is 4.98 Å². The number of carbonyl (C=O) groups excluding carboxylic acids is 1. The molecule has 70 valence electrons. The minimum absolute atomic E-state index is 0.107. The molecule has 1 aromatic heterocycles. The van der Waals surface area contributed by atoms with Gasteiger partial charge < -0.3 is 0 Å². The Bertz CT molecular complexity index is 333. The number of halogens is 3. The Morgan fingerprint density at radius 3 is 2.46 bits per heavy atom. The molecule has 0 bridgehead atoms. The van der Waals surface area contributed by atoms with E-state index in [0.717, 1.165) is 6.07 Å². The van der Waals surface area contributed by atoms with Gasteiger partial charge in [-0.25, -0.2) is 4.98 Å². The van der Waals surface area contributed by atoms with Crippen LogP contribution in [0.15, 0.2) is 12.1 Å². The summed E-state index contributed by atoms with van der Waals surface area (Å²) in [5.74, 6) is 0. The normalized spacial score (nSPS) is 11.4. The summed E-state index contributed by atoms with van der Waals surface area (Å²) in [7, 11) is 0. The SMILES string of the molecule is Cc1ccc(C(F)(F)F)c(C=O)n1. The fraction of sp³-hybridized carbons (Fsp3) is 0.250. The minimum atomic E-state index is -4.52. The van der Waals surface area contributed by atoms with Crippen LogP contribution in [-0.2, 0) is 6.18 Å². The number of aldehydes is 1. The van der Waals surface area contributed by atoms with Gasteiger partial charge in [-0.3, -0.25) is 4.79 Å². The van der Waals surface area contributed by atoms with Crippen molar-refractivity contribution >= 4 is 6.29 Å². The van der Waals surface area contributed by atoms with E-state index < -0.39 is 17.4 Å². The van der Waals surface area contributed by atoms with Crippen LogP contribution < -0.4 is 0 Å². The summed E-state index contributed by atoms with van der Waals surface area (Å²) in [6, 6.07) is 2.07. The van der Waals surface area contributed by atoms with Crippen molar-refractivity contribution in [2.45, 2.75) is 13.1 Å². The molecule has 1 aromatic rings. The molecule has 0 aliphatic rings. The van der Waals surface area contributed by atoms with Crippen LogP contribution in [0.3, 0.4) is 0 Å². The van der Waals surface area contributed by atoms with Crippen LogP contribution in [0.4, 0.5) is 13.2 Å². The second kappa shape index (κ2) is 3.16.